The van der Waals surface area contributed by atoms with Gasteiger partial charge in [0.2, 0.25) is 0 Å². The van der Waals surface area contributed by atoms with Crippen LogP contribution in [0.3, 0.4) is 0 Å². The van der Waals surface area contributed by atoms with Crippen molar-refractivity contribution in [1.29, 1.82) is 0 Å². The zero-order valence-electron chi connectivity index (χ0n) is 8.38. The molecular weight excluding hydrogens is 160 g/mol. The van der Waals surface area contributed by atoms with Crippen LogP contribution in [0.25, 0.3) is 0 Å². The second-order valence-electron chi connectivity index (χ2n) is 3.49. The highest BCUT2D eigenvalue weighted by molar-refractivity contribution is 5.64. The Morgan fingerprint density at radius 3 is 2.77 bits per heavy atom. The first kappa shape index (κ1) is 8.57. The van der Waals surface area contributed by atoms with E-state index in [9.17, 15) is 0 Å². The second kappa shape index (κ2) is 3.38. The molecule has 0 saturated heterocycles. The Kier molecular flexibility index (Phi) is 2.23. The van der Waals surface area contributed by atoms with E-state index in [-0.39, 0.29) is 0 Å². The topological polar surface area (TPSA) is 7.68 Å². The minimum Gasteiger partial charge on any atom is -0.320 e. The average Bonchev–Trinajstić information content (AvgIpc) is 2.56. The van der Waals surface area contributed by atoms with Crippen molar-refractivity contribution >= 4 is 11.4 Å². The van der Waals surface area contributed by atoms with E-state index in [0.717, 1.165) is 13.2 Å². The van der Waals surface area contributed by atoms with Crippen LogP contribution >= 0.6 is 0 Å². The summed E-state index contributed by atoms with van der Waals surface area (Å²) in [6.07, 6.45) is 0. The van der Waals surface area contributed by atoms with E-state index in [1.807, 2.05) is 0 Å². The van der Waals surface area contributed by atoms with Gasteiger partial charge >= 0.3 is 0 Å². The van der Waals surface area contributed by atoms with Crippen LogP contribution in [-0.2, 0) is 0 Å². The SMILES string of the molecule is CCN1C[NH+](CC)c2ccccc21. The molecule has 1 heterocycles. The molecule has 1 unspecified atom stereocenters. The number of hydrogen-bond acceptors (Lipinski definition) is 1. The molecule has 0 fully saturated rings. The molecule has 0 saturated carbocycles. The van der Waals surface area contributed by atoms with E-state index >= 15 is 0 Å². The maximum atomic E-state index is 2.44. The zero-order valence-corrected chi connectivity index (χ0v) is 8.38. The Balaban J connectivity index is 2.38. The first-order valence-electron chi connectivity index (χ1n) is 5.05. The summed E-state index contributed by atoms with van der Waals surface area (Å²) in [5, 5.41) is 0. The van der Waals surface area contributed by atoms with E-state index in [4.69, 9.17) is 0 Å². The smallest absolute Gasteiger partial charge is 0.157 e. The molecule has 0 aliphatic carbocycles. The summed E-state index contributed by atoms with van der Waals surface area (Å²) < 4.78 is 0. The van der Waals surface area contributed by atoms with Gasteiger partial charge in [-0.25, -0.2) is 0 Å². The van der Waals surface area contributed by atoms with Crippen LogP contribution in [0.15, 0.2) is 24.3 Å². The summed E-state index contributed by atoms with van der Waals surface area (Å²) in [5.74, 6) is 0. The van der Waals surface area contributed by atoms with Crippen molar-refractivity contribution in [2.75, 3.05) is 24.7 Å². The van der Waals surface area contributed by atoms with Crippen molar-refractivity contribution in [3.05, 3.63) is 24.3 Å². The van der Waals surface area contributed by atoms with E-state index in [1.165, 1.54) is 17.9 Å². The van der Waals surface area contributed by atoms with Gasteiger partial charge in [-0.05, 0) is 19.9 Å². The largest absolute Gasteiger partial charge is 0.320 e. The fourth-order valence-corrected chi connectivity index (χ4v) is 2.03. The summed E-state index contributed by atoms with van der Waals surface area (Å²) >= 11 is 0. The van der Waals surface area contributed by atoms with Crippen molar-refractivity contribution in [3.8, 4) is 0 Å². The number of quaternary nitrogens is 1. The van der Waals surface area contributed by atoms with Gasteiger partial charge < -0.3 is 4.90 Å². The summed E-state index contributed by atoms with van der Waals surface area (Å²) in [6, 6.07) is 8.72. The normalized spacial score (nSPS) is 20.5. The van der Waals surface area contributed by atoms with Gasteiger partial charge in [0.15, 0.2) is 12.4 Å². The molecular formula is C11H17N2+. The Labute approximate surface area is 79.8 Å². The lowest BCUT2D eigenvalue weighted by atomic mass is 10.2. The Morgan fingerprint density at radius 2 is 2.08 bits per heavy atom. The van der Waals surface area contributed by atoms with Crippen LogP contribution < -0.4 is 9.80 Å². The van der Waals surface area contributed by atoms with Crippen LogP contribution in [0.5, 0.6) is 0 Å². The molecule has 1 atom stereocenters. The minimum atomic E-state index is 1.11. The zero-order chi connectivity index (χ0) is 9.26. The van der Waals surface area contributed by atoms with Crippen LogP contribution in [0.4, 0.5) is 11.4 Å². The predicted molar refractivity (Wildman–Crippen MR) is 55.5 cm³/mol. The first-order chi connectivity index (χ1) is 6.36. The van der Waals surface area contributed by atoms with E-state index in [1.54, 1.807) is 4.90 Å². The molecule has 0 aromatic heterocycles. The highest BCUT2D eigenvalue weighted by atomic mass is 15.4. The highest BCUT2D eigenvalue weighted by Gasteiger charge is 2.27. The molecule has 0 spiro atoms. The second-order valence-corrected chi connectivity index (χ2v) is 3.49. The van der Waals surface area contributed by atoms with Crippen LogP contribution in [-0.4, -0.2) is 19.8 Å². The van der Waals surface area contributed by atoms with Crippen molar-refractivity contribution in [1.82, 2.24) is 0 Å². The molecule has 0 amide bonds. The third-order valence-electron chi connectivity index (χ3n) is 2.82. The Hall–Kier alpha value is -1.02. The fraction of sp³-hybridized carbons (Fsp3) is 0.455. The third-order valence-corrected chi connectivity index (χ3v) is 2.82. The molecule has 13 heavy (non-hydrogen) atoms. The highest BCUT2D eigenvalue weighted by Crippen LogP contribution is 2.25. The quantitative estimate of drug-likeness (QED) is 0.708. The summed E-state index contributed by atoms with van der Waals surface area (Å²) in [7, 11) is 0. The number of benzene rings is 1. The number of rotatable bonds is 2. The first-order valence-corrected chi connectivity index (χ1v) is 5.05. The monoisotopic (exact) mass is 177 g/mol. The fourth-order valence-electron chi connectivity index (χ4n) is 2.03. The molecule has 1 aliphatic heterocycles. The van der Waals surface area contributed by atoms with Gasteiger partial charge in [0.1, 0.15) is 5.69 Å². The third kappa shape index (κ3) is 1.31. The summed E-state index contributed by atoms with van der Waals surface area (Å²) in [4.78, 5) is 4.02. The summed E-state index contributed by atoms with van der Waals surface area (Å²) in [6.45, 7) is 7.88. The van der Waals surface area contributed by atoms with Crippen LogP contribution in [0, 0.1) is 0 Å². The molecule has 2 heteroatoms. The minimum absolute atomic E-state index is 1.11. The lowest BCUT2D eigenvalue weighted by Crippen LogP contribution is -3.06. The molecule has 1 aromatic carbocycles. The molecule has 0 radical (unpaired) electrons. The van der Waals surface area contributed by atoms with Crippen molar-refractivity contribution in [3.63, 3.8) is 0 Å². The van der Waals surface area contributed by atoms with Gasteiger partial charge in [-0.2, -0.15) is 0 Å². The van der Waals surface area contributed by atoms with Crippen molar-refractivity contribution in [2.24, 2.45) is 0 Å². The lowest BCUT2D eigenvalue weighted by molar-refractivity contribution is -0.823. The molecule has 1 N–H and O–H groups in total. The van der Waals surface area contributed by atoms with Crippen molar-refractivity contribution in [2.45, 2.75) is 13.8 Å². The Morgan fingerprint density at radius 1 is 1.31 bits per heavy atom. The van der Waals surface area contributed by atoms with Gasteiger partial charge in [-0.3, -0.25) is 4.90 Å². The predicted octanol–water partition coefficient (Wildman–Crippen LogP) is 1.02. The molecule has 70 valence electrons. The van der Waals surface area contributed by atoms with Crippen molar-refractivity contribution < 1.29 is 4.90 Å². The number of nitrogens with zero attached hydrogens (tertiary/aromatic N) is 1. The number of para-hydroxylation sites is 2. The number of nitrogens with one attached hydrogen (secondary N) is 1. The lowest BCUT2D eigenvalue weighted by Gasteiger charge is -2.13. The van der Waals surface area contributed by atoms with E-state index in [2.05, 4.69) is 43.0 Å². The van der Waals surface area contributed by atoms with Gasteiger partial charge in [0.05, 0.1) is 6.54 Å². The van der Waals surface area contributed by atoms with Gasteiger partial charge in [-0.1, -0.05) is 12.1 Å². The van der Waals surface area contributed by atoms with Gasteiger partial charge in [-0.15, -0.1) is 0 Å². The molecule has 1 aromatic rings. The Bertz CT molecular complexity index is 267. The number of anilines is 1. The maximum Gasteiger partial charge on any atom is 0.157 e. The van der Waals surface area contributed by atoms with Crippen LogP contribution in [0.2, 0.25) is 0 Å². The number of fused-ring (bicyclic) bond motifs is 1. The van der Waals surface area contributed by atoms with Gasteiger partial charge in [0.25, 0.3) is 0 Å². The van der Waals surface area contributed by atoms with Crippen LogP contribution in [0.1, 0.15) is 13.8 Å². The molecule has 2 nitrogen and oxygen atoms in total. The standard InChI is InChI=1S/C11H16N2/c1-3-12-9-13(4-2)11-8-6-5-7-10(11)12/h5-8H,3-4,9H2,1-2H3/p+1. The molecule has 0 bridgehead atoms. The average molecular weight is 177 g/mol. The van der Waals surface area contributed by atoms with E-state index < -0.39 is 0 Å². The van der Waals surface area contributed by atoms with E-state index in [0.29, 0.717) is 0 Å². The number of hydrogen-bond donors (Lipinski definition) is 1. The molecule has 2 rings (SSSR count). The summed E-state index contributed by atoms with van der Waals surface area (Å²) in [5.41, 5.74) is 2.88. The maximum absolute atomic E-state index is 2.44. The van der Waals surface area contributed by atoms with Gasteiger partial charge in [0, 0.05) is 12.6 Å². The molecule has 1 aliphatic rings.